The van der Waals surface area contributed by atoms with Crippen molar-refractivity contribution in [3.8, 4) is 11.4 Å². The Bertz CT molecular complexity index is 1380. The number of amides is 1. The highest BCUT2D eigenvalue weighted by Gasteiger charge is 2.31. The van der Waals surface area contributed by atoms with Gasteiger partial charge in [-0.25, -0.2) is 4.98 Å². The number of hydrogen-bond donors (Lipinski definition) is 0. The Morgan fingerprint density at radius 3 is 2.56 bits per heavy atom. The van der Waals surface area contributed by atoms with Gasteiger partial charge < -0.3 is 9.64 Å². The van der Waals surface area contributed by atoms with E-state index in [4.69, 9.17) is 4.98 Å². The third kappa shape index (κ3) is 4.78. The third-order valence-corrected chi connectivity index (χ3v) is 6.40. The van der Waals surface area contributed by atoms with Crippen LogP contribution in [0, 0.1) is 0 Å². The van der Waals surface area contributed by atoms with Gasteiger partial charge in [-0.2, -0.15) is 0 Å². The zero-order valence-electron chi connectivity index (χ0n) is 19.9. The number of hydrogen-bond acceptors (Lipinski definition) is 4. The van der Waals surface area contributed by atoms with Crippen molar-refractivity contribution >= 4 is 16.9 Å². The second-order valence-corrected chi connectivity index (χ2v) is 9.23. The number of pyridine rings is 1. The topological polar surface area (TPSA) is 60.2 Å². The summed E-state index contributed by atoms with van der Waals surface area (Å²) in [5.41, 5.74) is 3.78. The largest absolute Gasteiger partial charge is 0.573 e. The number of nitrogens with zero attached hydrogens (tertiary/aromatic N) is 4. The molecule has 2 aromatic heterocycles. The van der Waals surface area contributed by atoms with Gasteiger partial charge in [0.25, 0.3) is 5.91 Å². The van der Waals surface area contributed by atoms with Gasteiger partial charge in [0.1, 0.15) is 11.6 Å². The molecule has 6 nitrogen and oxygen atoms in total. The van der Waals surface area contributed by atoms with Crippen LogP contribution in [0.25, 0.3) is 16.7 Å². The predicted octanol–water partition coefficient (Wildman–Crippen LogP) is 6.07. The first kappa shape index (κ1) is 23.8. The van der Waals surface area contributed by atoms with Crippen molar-refractivity contribution in [1.29, 1.82) is 0 Å². The summed E-state index contributed by atoms with van der Waals surface area (Å²) in [5.74, 6) is 0.725. The number of benzene rings is 2. The van der Waals surface area contributed by atoms with Crippen LogP contribution in [-0.4, -0.2) is 44.8 Å². The van der Waals surface area contributed by atoms with Crippen LogP contribution >= 0.6 is 0 Å². The molecule has 36 heavy (non-hydrogen) atoms. The second-order valence-electron chi connectivity index (χ2n) is 9.23. The Balaban J connectivity index is 1.43. The van der Waals surface area contributed by atoms with Gasteiger partial charge in [-0.05, 0) is 60.5 Å². The SMILES string of the molecule is CC(C)c1nc2cc(C(=O)N3CCC(c4cccnc4)C3)ccc2n1-c1ccc(OC(F)(F)F)cc1. The maximum atomic E-state index is 13.3. The number of rotatable bonds is 5. The minimum Gasteiger partial charge on any atom is -0.406 e. The molecule has 3 heterocycles. The first-order valence-electron chi connectivity index (χ1n) is 11.8. The smallest absolute Gasteiger partial charge is 0.406 e. The van der Waals surface area contributed by atoms with Crippen LogP contribution in [0.3, 0.4) is 0 Å². The molecule has 1 fully saturated rings. The monoisotopic (exact) mass is 494 g/mol. The predicted molar refractivity (Wildman–Crippen MR) is 129 cm³/mol. The van der Waals surface area contributed by atoms with E-state index in [1.807, 2.05) is 47.7 Å². The Morgan fingerprint density at radius 1 is 1.11 bits per heavy atom. The fourth-order valence-electron chi connectivity index (χ4n) is 4.70. The summed E-state index contributed by atoms with van der Waals surface area (Å²) in [7, 11) is 0. The molecule has 4 aromatic rings. The average Bonchev–Trinajstić information content (AvgIpc) is 3.49. The zero-order valence-corrected chi connectivity index (χ0v) is 19.9. The molecular weight excluding hydrogens is 469 g/mol. The van der Waals surface area contributed by atoms with Gasteiger partial charge in [0.05, 0.1) is 11.0 Å². The summed E-state index contributed by atoms with van der Waals surface area (Å²) >= 11 is 0. The Hall–Kier alpha value is -3.88. The Morgan fingerprint density at radius 2 is 1.89 bits per heavy atom. The summed E-state index contributed by atoms with van der Waals surface area (Å²) in [5, 5.41) is 0. The minimum absolute atomic E-state index is 0.0430. The molecule has 1 aliphatic heterocycles. The number of alkyl halides is 3. The minimum atomic E-state index is -4.75. The number of likely N-dealkylation sites (tertiary alicyclic amines) is 1. The third-order valence-electron chi connectivity index (χ3n) is 6.40. The number of halogens is 3. The number of carbonyl (C=O) groups excluding carboxylic acids is 1. The molecule has 186 valence electrons. The van der Waals surface area contributed by atoms with E-state index >= 15 is 0 Å². The Labute approximate surface area is 206 Å². The molecule has 0 saturated carbocycles. The van der Waals surface area contributed by atoms with Crippen LogP contribution in [0.15, 0.2) is 67.0 Å². The lowest BCUT2D eigenvalue weighted by Crippen LogP contribution is -2.28. The summed E-state index contributed by atoms with van der Waals surface area (Å²) in [6.45, 7) is 5.30. The molecule has 1 saturated heterocycles. The lowest BCUT2D eigenvalue weighted by atomic mass is 10.0. The quantitative estimate of drug-likeness (QED) is 0.338. The molecule has 1 amide bonds. The normalized spacial score (nSPS) is 16.2. The summed E-state index contributed by atoms with van der Waals surface area (Å²) in [4.78, 5) is 24.1. The van der Waals surface area contributed by atoms with E-state index in [0.29, 0.717) is 29.9 Å². The highest BCUT2D eigenvalue weighted by molar-refractivity contribution is 5.98. The summed E-state index contributed by atoms with van der Waals surface area (Å²) < 4.78 is 43.5. The van der Waals surface area contributed by atoms with Gasteiger partial charge in [-0.3, -0.25) is 14.3 Å². The van der Waals surface area contributed by atoms with Crippen molar-refractivity contribution < 1.29 is 22.7 Å². The molecule has 0 bridgehead atoms. The van der Waals surface area contributed by atoms with Gasteiger partial charge in [0.2, 0.25) is 0 Å². The number of ether oxygens (including phenoxy) is 1. The first-order valence-corrected chi connectivity index (χ1v) is 11.8. The molecule has 1 unspecified atom stereocenters. The fraction of sp³-hybridized carbons (Fsp3) is 0.296. The van der Waals surface area contributed by atoms with Crippen molar-refractivity contribution in [1.82, 2.24) is 19.4 Å². The van der Waals surface area contributed by atoms with Gasteiger partial charge in [-0.15, -0.1) is 13.2 Å². The molecule has 9 heteroatoms. The standard InChI is InChI=1S/C27H25F3N4O2/c1-17(2)25-32-23-14-18(26(35)33-13-11-20(16-33)19-4-3-12-31-15-19)5-10-24(23)34(25)21-6-8-22(9-7-21)36-27(28,29)30/h3-10,12,14-15,17,20H,11,13,16H2,1-2H3. The maximum Gasteiger partial charge on any atom is 0.573 e. The van der Waals surface area contributed by atoms with Crippen molar-refractivity contribution in [3.63, 3.8) is 0 Å². The molecule has 5 rings (SSSR count). The van der Waals surface area contributed by atoms with Crippen LogP contribution in [-0.2, 0) is 0 Å². The van der Waals surface area contributed by atoms with E-state index in [2.05, 4.69) is 9.72 Å². The van der Waals surface area contributed by atoms with Gasteiger partial charge >= 0.3 is 6.36 Å². The van der Waals surface area contributed by atoms with Crippen molar-refractivity contribution in [3.05, 3.63) is 83.9 Å². The number of aromatic nitrogens is 3. The number of fused-ring (bicyclic) bond motifs is 1. The van der Waals surface area contributed by atoms with E-state index < -0.39 is 6.36 Å². The van der Waals surface area contributed by atoms with E-state index in [0.717, 1.165) is 23.3 Å². The summed E-state index contributed by atoms with van der Waals surface area (Å²) in [6.07, 6.45) is -0.263. The molecule has 2 aromatic carbocycles. The van der Waals surface area contributed by atoms with E-state index in [1.54, 1.807) is 30.5 Å². The van der Waals surface area contributed by atoms with Gasteiger partial charge in [0.15, 0.2) is 0 Å². The maximum absolute atomic E-state index is 13.3. The van der Waals surface area contributed by atoms with E-state index in [9.17, 15) is 18.0 Å². The van der Waals surface area contributed by atoms with Crippen LogP contribution in [0.5, 0.6) is 5.75 Å². The highest BCUT2D eigenvalue weighted by atomic mass is 19.4. The number of carbonyl (C=O) groups is 1. The lowest BCUT2D eigenvalue weighted by Gasteiger charge is -2.17. The fourth-order valence-corrected chi connectivity index (χ4v) is 4.70. The molecule has 0 spiro atoms. The van der Waals surface area contributed by atoms with E-state index in [1.165, 1.54) is 12.1 Å². The van der Waals surface area contributed by atoms with Crippen molar-refractivity contribution in [2.75, 3.05) is 13.1 Å². The lowest BCUT2D eigenvalue weighted by molar-refractivity contribution is -0.274. The van der Waals surface area contributed by atoms with Crippen LogP contribution in [0.1, 0.15) is 53.8 Å². The van der Waals surface area contributed by atoms with E-state index in [-0.39, 0.29) is 23.5 Å². The molecular formula is C27H25F3N4O2. The zero-order chi connectivity index (χ0) is 25.4. The Kier molecular flexibility index (Phi) is 6.15. The average molecular weight is 495 g/mol. The molecule has 0 aliphatic carbocycles. The van der Waals surface area contributed by atoms with Crippen molar-refractivity contribution in [2.24, 2.45) is 0 Å². The molecule has 0 radical (unpaired) electrons. The van der Waals surface area contributed by atoms with Crippen LogP contribution < -0.4 is 4.74 Å². The molecule has 0 N–H and O–H groups in total. The van der Waals surface area contributed by atoms with Crippen LogP contribution in [0.4, 0.5) is 13.2 Å². The molecule has 1 aliphatic rings. The van der Waals surface area contributed by atoms with Gasteiger partial charge in [0, 0.05) is 48.6 Å². The van der Waals surface area contributed by atoms with Gasteiger partial charge in [-0.1, -0.05) is 19.9 Å². The highest BCUT2D eigenvalue weighted by Crippen LogP contribution is 2.31. The number of imidazole rings is 1. The van der Waals surface area contributed by atoms with Crippen molar-refractivity contribution in [2.45, 2.75) is 38.5 Å². The second kappa shape index (κ2) is 9.29. The van der Waals surface area contributed by atoms with Crippen LogP contribution in [0.2, 0.25) is 0 Å². The first-order chi connectivity index (χ1) is 17.2. The summed E-state index contributed by atoms with van der Waals surface area (Å²) in [6, 6.07) is 15.1. The molecule has 1 atom stereocenters.